The Balaban J connectivity index is 0.00000131. The average molecular weight is 408 g/mol. The van der Waals surface area contributed by atoms with Crippen molar-refractivity contribution in [3.63, 3.8) is 0 Å². The van der Waals surface area contributed by atoms with E-state index in [0.717, 1.165) is 49.7 Å². The molecule has 7 heteroatoms. The van der Waals surface area contributed by atoms with Crippen molar-refractivity contribution in [3.05, 3.63) is 54.1 Å². The van der Waals surface area contributed by atoms with Crippen LogP contribution in [0, 0.1) is 6.92 Å². The molecule has 0 amide bonds. The van der Waals surface area contributed by atoms with Gasteiger partial charge < -0.3 is 15.6 Å². The van der Waals surface area contributed by atoms with Crippen LogP contribution in [0.4, 0.5) is 5.82 Å². The number of hydrogen-bond acceptors (Lipinski definition) is 4. The number of para-hydroxylation sites is 1. The van der Waals surface area contributed by atoms with Crippen molar-refractivity contribution in [2.24, 2.45) is 5.73 Å². The van der Waals surface area contributed by atoms with Gasteiger partial charge in [-0.25, -0.2) is 9.97 Å². The fourth-order valence-corrected chi connectivity index (χ4v) is 3.60. The molecular formula is C20H27Cl2N5. The van der Waals surface area contributed by atoms with Gasteiger partial charge in [-0.3, -0.25) is 0 Å². The molecule has 146 valence electrons. The minimum absolute atomic E-state index is 0. The van der Waals surface area contributed by atoms with Crippen LogP contribution in [0.3, 0.4) is 0 Å². The molecule has 0 saturated heterocycles. The molecule has 2 aromatic heterocycles. The van der Waals surface area contributed by atoms with Gasteiger partial charge in [0.25, 0.3) is 0 Å². The van der Waals surface area contributed by atoms with Crippen LogP contribution in [0.15, 0.2) is 42.6 Å². The summed E-state index contributed by atoms with van der Waals surface area (Å²) in [4.78, 5) is 9.10. The molecule has 1 saturated carbocycles. The van der Waals surface area contributed by atoms with Gasteiger partial charge in [0.05, 0.1) is 0 Å². The number of nitrogens with zero attached hydrogens (tertiary/aromatic N) is 3. The molecule has 0 unspecified atom stereocenters. The number of fused-ring (bicyclic) bond motifs is 1. The van der Waals surface area contributed by atoms with Gasteiger partial charge in [0.1, 0.15) is 11.6 Å². The summed E-state index contributed by atoms with van der Waals surface area (Å²) in [5.41, 5.74) is 8.33. The molecule has 4 rings (SSSR count). The van der Waals surface area contributed by atoms with Crippen LogP contribution in [0.1, 0.15) is 36.7 Å². The zero-order valence-electron chi connectivity index (χ0n) is 15.5. The number of benzene rings is 1. The second kappa shape index (κ2) is 9.40. The van der Waals surface area contributed by atoms with E-state index < -0.39 is 0 Å². The van der Waals surface area contributed by atoms with Crippen molar-refractivity contribution >= 4 is 41.5 Å². The van der Waals surface area contributed by atoms with Crippen LogP contribution in [-0.4, -0.2) is 27.1 Å². The molecule has 0 bridgehead atoms. The highest BCUT2D eigenvalue weighted by Gasteiger charge is 2.28. The number of anilines is 1. The van der Waals surface area contributed by atoms with E-state index in [2.05, 4.69) is 62.4 Å². The van der Waals surface area contributed by atoms with Crippen molar-refractivity contribution in [3.8, 4) is 0 Å². The largest absolute Gasteiger partial charge is 0.370 e. The topological polar surface area (TPSA) is 68.8 Å². The summed E-state index contributed by atoms with van der Waals surface area (Å²) < 4.78 is 2.31. The van der Waals surface area contributed by atoms with E-state index in [-0.39, 0.29) is 24.8 Å². The van der Waals surface area contributed by atoms with Gasteiger partial charge in [-0.05, 0) is 43.7 Å². The van der Waals surface area contributed by atoms with Crippen LogP contribution < -0.4 is 11.1 Å². The van der Waals surface area contributed by atoms with Crippen LogP contribution in [-0.2, 0) is 6.54 Å². The summed E-state index contributed by atoms with van der Waals surface area (Å²) in [5.74, 6) is 2.26. The van der Waals surface area contributed by atoms with Crippen molar-refractivity contribution in [2.75, 3.05) is 11.9 Å². The molecule has 1 aliphatic rings. The maximum Gasteiger partial charge on any atom is 0.129 e. The lowest BCUT2D eigenvalue weighted by Crippen LogP contribution is -2.35. The van der Waals surface area contributed by atoms with Crippen molar-refractivity contribution in [2.45, 2.75) is 44.7 Å². The van der Waals surface area contributed by atoms with Crippen molar-refractivity contribution in [1.29, 1.82) is 0 Å². The van der Waals surface area contributed by atoms with Crippen molar-refractivity contribution in [1.82, 2.24) is 14.5 Å². The number of aromatic nitrogens is 3. The first kappa shape index (κ1) is 21.5. The zero-order chi connectivity index (χ0) is 17.2. The van der Waals surface area contributed by atoms with E-state index in [0.29, 0.717) is 12.0 Å². The summed E-state index contributed by atoms with van der Waals surface area (Å²) in [6.07, 6.45) is 5.29. The van der Waals surface area contributed by atoms with E-state index in [1.54, 1.807) is 0 Å². The van der Waals surface area contributed by atoms with Gasteiger partial charge in [0.2, 0.25) is 0 Å². The smallest absolute Gasteiger partial charge is 0.129 e. The number of rotatable bonds is 6. The van der Waals surface area contributed by atoms with Crippen molar-refractivity contribution < 1.29 is 0 Å². The fourth-order valence-electron chi connectivity index (χ4n) is 3.60. The molecule has 3 aromatic rings. The molecule has 3 N–H and O–H groups in total. The lowest BCUT2D eigenvalue weighted by molar-refractivity contribution is 0.344. The molecule has 5 nitrogen and oxygen atoms in total. The van der Waals surface area contributed by atoms with E-state index in [4.69, 9.17) is 5.73 Å². The second-order valence-electron chi connectivity index (χ2n) is 7.00. The molecule has 2 heterocycles. The normalized spacial score (nSPS) is 18.3. The fraction of sp³-hybridized carbons (Fsp3) is 0.400. The number of nitrogens with two attached hydrogens (primary N) is 1. The Kier molecular flexibility index (Phi) is 7.48. The predicted octanol–water partition coefficient (Wildman–Crippen LogP) is 4.29. The number of nitrogens with one attached hydrogen (secondary N) is 1. The summed E-state index contributed by atoms with van der Waals surface area (Å²) in [6, 6.07) is 13.1. The van der Waals surface area contributed by atoms with E-state index in [9.17, 15) is 0 Å². The Morgan fingerprint density at radius 2 is 1.93 bits per heavy atom. The lowest BCUT2D eigenvalue weighted by atomic mass is 9.78. The summed E-state index contributed by atoms with van der Waals surface area (Å²) in [7, 11) is 0. The molecule has 0 spiro atoms. The van der Waals surface area contributed by atoms with Gasteiger partial charge in [-0.2, -0.15) is 0 Å². The maximum atomic E-state index is 5.91. The molecule has 0 radical (unpaired) electrons. The van der Waals surface area contributed by atoms with Gasteiger partial charge in [-0.1, -0.05) is 18.2 Å². The quantitative estimate of drug-likeness (QED) is 0.597. The Morgan fingerprint density at radius 3 is 2.70 bits per heavy atom. The van der Waals surface area contributed by atoms with Crippen LogP contribution in [0.5, 0.6) is 0 Å². The molecule has 0 aliphatic heterocycles. The van der Waals surface area contributed by atoms with E-state index >= 15 is 0 Å². The maximum absolute atomic E-state index is 5.91. The first-order chi connectivity index (χ1) is 12.2. The number of hydrogen-bond donors (Lipinski definition) is 2. The first-order valence-corrected chi connectivity index (χ1v) is 9.08. The van der Waals surface area contributed by atoms with E-state index in [1.165, 1.54) is 10.9 Å². The minimum Gasteiger partial charge on any atom is -0.370 e. The highest BCUT2D eigenvalue weighted by Crippen LogP contribution is 2.35. The standard InChI is InChI=1S/C20H25N5.2ClH/c1-14-23-18(16-11-17(21)12-16)13-20(24-14)22-8-4-9-25-10-7-15-5-2-3-6-19(15)25;;/h2-3,5-7,10,13,16-17H,4,8-9,11-12,21H2,1H3,(H,22,23,24);2*1H. The summed E-state index contributed by atoms with van der Waals surface area (Å²) >= 11 is 0. The highest BCUT2D eigenvalue weighted by atomic mass is 35.5. The van der Waals surface area contributed by atoms with Crippen LogP contribution in [0.2, 0.25) is 0 Å². The molecule has 27 heavy (non-hydrogen) atoms. The molecule has 1 fully saturated rings. The third-order valence-corrected chi connectivity index (χ3v) is 5.01. The summed E-state index contributed by atoms with van der Waals surface area (Å²) in [6.45, 7) is 3.85. The molecule has 1 aliphatic carbocycles. The van der Waals surface area contributed by atoms with Crippen LogP contribution in [0.25, 0.3) is 10.9 Å². The number of aryl methyl sites for hydroxylation is 2. The third kappa shape index (κ3) is 4.92. The highest BCUT2D eigenvalue weighted by molar-refractivity contribution is 5.85. The first-order valence-electron chi connectivity index (χ1n) is 9.08. The van der Waals surface area contributed by atoms with Gasteiger partial charge in [0.15, 0.2) is 0 Å². The van der Waals surface area contributed by atoms with Gasteiger partial charge in [0, 0.05) is 48.5 Å². The third-order valence-electron chi connectivity index (χ3n) is 5.01. The lowest BCUT2D eigenvalue weighted by Gasteiger charge is -2.32. The average Bonchev–Trinajstić information content (AvgIpc) is 2.99. The Morgan fingerprint density at radius 1 is 1.15 bits per heavy atom. The van der Waals surface area contributed by atoms with Crippen LogP contribution >= 0.6 is 24.8 Å². The Bertz CT molecular complexity index is 874. The zero-order valence-corrected chi connectivity index (χ0v) is 17.1. The monoisotopic (exact) mass is 407 g/mol. The van der Waals surface area contributed by atoms with Gasteiger partial charge in [-0.15, -0.1) is 24.8 Å². The molecular weight excluding hydrogens is 381 g/mol. The second-order valence-corrected chi connectivity index (χ2v) is 7.00. The van der Waals surface area contributed by atoms with E-state index in [1.807, 2.05) is 6.92 Å². The summed E-state index contributed by atoms with van der Waals surface area (Å²) in [5, 5.41) is 4.75. The van der Waals surface area contributed by atoms with Gasteiger partial charge >= 0.3 is 0 Å². The minimum atomic E-state index is 0. The number of halogens is 2. The molecule has 1 aromatic carbocycles. The Hall–Kier alpha value is -1.82. The predicted molar refractivity (Wildman–Crippen MR) is 116 cm³/mol. The molecule has 0 atom stereocenters. The SMILES string of the molecule is Cc1nc(NCCCn2ccc3ccccc32)cc(C2CC(N)C2)n1.Cl.Cl. The Labute approximate surface area is 172 Å².